The highest BCUT2D eigenvalue weighted by molar-refractivity contribution is 7.98. The number of unbranched alkanes of at least 4 members (excludes halogenated alkanes) is 1. The van der Waals surface area contributed by atoms with Gasteiger partial charge in [-0.3, -0.25) is 19.2 Å². The summed E-state index contributed by atoms with van der Waals surface area (Å²) in [5, 5.41) is 17.0. The molecule has 4 unspecified atom stereocenters. The fraction of sp³-hybridized carbons (Fsp3) is 0.762. The van der Waals surface area contributed by atoms with Crippen molar-refractivity contribution < 1.29 is 29.1 Å². The lowest BCUT2D eigenvalue weighted by molar-refractivity contribution is -0.142. The number of carbonyl (C=O) groups excluding carboxylic acids is 4. The molecule has 0 bridgehead atoms. The van der Waals surface area contributed by atoms with Crippen molar-refractivity contribution >= 4 is 41.4 Å². The minimum Gasteiger partial charge on any atom is -0.480 e. The van der Waals surface area contributed by atoms with Gasteiger partial charge in [0, 0.05) is 6.42 Å². The highest BCUT2D eigenvalue weighted by Crippen LogP contribution is 2.07. The van der Waals surface area contributed by atoms with E-state index < -0.39 is 53.8 Å². The summed E-state index contributed by atoms with van der Waals surface area (Å²) < 4.78 is 0. The molecule has 0 saturated heterocycles. The van der Waals surface area contributed by atoms with Crippen LogP contribution in [-0.2, 0) is 24.0 Å². The topological polar surface area (TPSA) is 220 Å². The van der Waals surface area contributed by atoms with E-state index in [2.05, 4.69) is 16.0 Å². The lowest BCUT2D eigenvalue weighted by Crippen LogP contribution is -2.57. The smallest absolute Gasteiger partial charge is 0.326 e. The van der Waals surface area contributed by atoms with E-state index in [1.165, 1.54) is 11.8 Å². The van der Waals surface area contributed by atoms with Crippen LogP contribution in [0.2, 0.25) is 0 Å². The first kappa shape index (κ1) is 31.6. The van der Waals surface area contributed by atoms with E-state index in [1.807, 2.05) is 6.26 Å². The Labute approximate surface area is 204 Å². The number of carboxylic acid groups (broad SMARTS) is 1. The number of hydrogen-bond donors (Lipinski definition) is 7. The van der Waals surface area contributed by atoms with Crippen molar-refractivity contribution in [2.45, 2.75) is 76.5 Å². The van der Waals surface area contributed by atoms with Crippen molar-refractivity contribution in [3.8, 4) is 0 Å². The summed E-state index contributed by atoms with van der Waals surface area (Å²) >= 11 is 1.45. The number of carbonyl (C=O) groups is 5. The molecule has 0 saturated carbocycles. The lowest BCUT2D eigenvalue weighted by atomic mass is 10.0. The number of thioether (sulfide) groups is 1. The van der Waals surface area contributed by atoms with Crippen LogP contribution in [0.4, 0.5) is 0 Å². The maximum Gasteiger partial charge on any atom is 0.326 e. The van der Waals surface area contributed by atoms with Crippen molar-refractivity contribution in [3.05, 3.63) is 0 Å². The van der Waals surface area contributed by atoms with E-state index in [4.69, 9.17) is 17.2 Å². The van der Waals surface area contributed by atoms with Crippen molar-refractivity contribution in [2.75, 3.05) is 18.6 Å². The zero-order valence-electron chi connectivity index (χ0n) is 20.2. The predicted molar refractivity (Wildman–Crippen MR) is 131 cm³/mol. The van der Waals surface area contributed by atoms with E-state index in [0.717, 1.165) is 0 Å². The van der Waals surface area contributed by atoms with Gasteiger partial charge < -0.3 is 38.3 Å². The van der Waals surface area contributed by atoms with Crippen LogP contribution in [0.15, 0.2) is 0 Å². The highest BCUT2D eigenvalue weighted by atomic mass is 32.2. The van der Waals surface area contributed by atoms with Gasteiger partial charge in [-0.25, -0.2) is 4.79 Å². The summed E-state index contributed by atoms with van der Waals surface area (Å²) in [4.78, 5) is 61.0. The highest BCUT2D eigenvalue weighted by Gasteiger charge is 2.30. The Hall–Kier alpha value is -2.38. The van der Waals surface area contributed by atoms with Crippen LogP contribution in [0.3, 0.4) is 0 Å². The summed E-state index contributed by atoms with van der Waals surface area (Å²) in [5.41, 5.74) is 16.5. The fourth-order valence-corrected chi connectivity index (χ4v) is 3.40. The van der Waals surface area contributed by atoms with E-state index in [0.29, 0.717) is 25.1 Å². The van der Waals surface area contributed by atoms with Gasteiger partial charge in [-0.05, 0) is 56.6 Å². The molecule has 4 atom stereocenters. The lowest BCUT2D eigenvalue weighted by Gasteiger charge is -2.25. The number of hydrogen-bond acceptors (Lipinski definition) is 8. The van der Waals surface area contributed by atoms with Gasteiger partial charge in [0.15, 0.2) is 0 Å². The molecule has 4 amide bonds. The average Bonchev–Trinajstić information content (AvgIpc) is 2.77. The number of nitrogens with one attached hydrogen (secondary N) is 3. The van der Waals surface area contributed by atoms with Gasteiger partial charge in [0.1, 0.15) is 18.1 Å². The zero-order valence-corrected chi connectivity index (χ0v) is 21.0. The van der Waals surface area contributed by atoms with Gasteiger partial charge in [-0.15, -0.1) is 0 Å². The first-order valence-corrected chi connectivity index (χ1v) is 12.7. The van der Waals surface area contributed by atoms with E-state index in [1.54, 1.807) is 13.8 Å². The number of carboxylic acids is 1. The summed E-state index contributed by atoms with van der Waals surface area (Å²) in [5.74, 6) is -3.43. The minimum absolute atomic E-state index is 0.0779. The Morgan fingerprint density at radius 2 is 1.38 bits per heavy atom. The second-order valence-electron chi connectivity index (χ2n) is 8.36. The number of nitrogens with two attached hydrogens (primary N) is 3. The van der Waals surface area contributed by atoms with Crippen LogP contribution in [0.5, 0.6) is 0 Å². The minimum atomic E-state index is -1.19. The maximum absolute atomic E-state index is 13.0. The second-order valence-corrected chi connectivity index (χ2v) is 9.35. The molecule has 34 heavy (non-hydrogen) atoms. The number of primary amides is 1. The molecular formula is C21H40N6O6S. The Kier molecular flexibility index (Phi) is 15.9. The molecule has 0 aromatic carbocycles. The van der Waals surface area contributed by atoms with E-state index in [-0.39, 0.29) is 31.6 Å². The molecule has 0 aliphatic rings. The Balaban J connectivity index is 5.47. The quantitative estimate of drug-likeness (QED) is 0.110. The molecule has 0 aliphatic heterocycles. The molecule has 0 aromatic heterocycles. The molecule has 0 radical (unpaired) electrons. The normalized spacial score (nSPS) is 14.5. The van der Waals surface area contributed by atoms with Gasteiger partial charge >= 0.3 is 5.97 Å². The molecule has 0 spiro atoms. The first-order chi connectivity index (χ1) is 15.9. The largest absolute Gasteiger partial charge is 0.480 e. The van der Waals surface area contributed by atoms with Gasteiger partial charge in [-0.1, -0.05) is 13.8 Å². The zero-order chi connectivity index (χ0) is 26.3. The molecule has 0 rings (SSSR count). The number of rotatable bonds is 18. The summed E-state index contributed by atoms with van der Waals surface area (Å²) in [6, 6.07) is -4.18. The van der Waals surface area contributed by atoms with E-state index >= 15 is 0 Å². The Bertz CT molecular complexity index is 693. The Morgan fingerprint density at radius 3 is 1.85 bits per heavy atom. The maximum atomic E-state index is 13.0. The molecule has 13 heteroatoms. The van der Waals surface area contributed by atoms with Gasteiger partial charge in [0.25, 0.3) is 0 Å². The second kappa shape index (κ2) is 17.1. The van der Waals surface area contributed by atoms with Crippen LogP contribution in [0.1, 0.15) is 52.4 Å². The molecule has 0 heterocycles. The molecule has 0 fully saturated rings. The molecule has 196 valence electrons. The van der Waals surface area contributed by atoms with Crippen molar-refractivity contribution in [1.82, 2.24) is 16.0 Å². The van der Waals surface area contributed by atoms with Gasteiger partial charge in [0.05, 0.1) is 6.04 Å². The van der Waals surface area contributed by atoms with Crippen LogP contribution in [0.25, 0.3) is 0 Å². The molecule has 0 aromatic rings. The van der Waals surface area contributed by atoms with Crippen LogP contribution in [0, 0.1) is 5.92 Å². The molecule has 12 nitrogen and oxygen atoms in total. The molecular weight excluding hydrogens is 464 g/mol. The third-order valence-corrected chi connectivity index (χ3v) is 5.78. The van der Waals surface area contributed by atoms with Crippen molar-refractivity contribution in [2.24, 2.45) is 23.1 Å². The van der Waals surface area contributed by atoms with Crippen LogP contribution in [-0.4, -0.2) is 77.4 Å². The predicted octanol–water partition coefficient (Wildman–Crippen LogP) is -1.34. The third kappa shape index (κ3) is 12.8. The average molecular weight is 505 g/mol. The van der Waals surface area contributed by atoms with E-state index in [9.17, 15) is 29.1 Å². The SMILES string of the molecule is CSCCC(NC(=O)C(CCC(N)=O)NC(=O)C(N)C(C)C)C(=O)NC(CCCCN)C(=O)O. The van der Waals surface area contributed by atoms with Crippen LogP contribution >= 0.6 is 11.8 Å². The summed E-state index contributed by atoms with van der Waals surface area (Å²) in [7, 11) is 0. The van der Waals surface area contributed by atoms with Crippen molar-refractivity contribution in [3.63, 3.8) is 0 Å². The number of aliphatic carboxylic acids is 1. The summed E-state index contributed by atoms with van der Waals surface area (Å²) in [6.07, 6.45) is 3.15. The van der Waals surface area contributed by atoms with Gasteiger partial charge in [0.2, 0.25) is 23.6 Å². The standard InChI is InChI=1S/C21H40N6O6S/c1-12(2)17(24)20(31)26-13(7-8-16(23)28)18(29)25-14(9-11-34-3)19(30)27-15(21(32)33)6-4-5-10-22/h12-15,17H,4-11,22,24H2,1-3H3,(H2,23,28)(H,25,29)(H,26,31)(H,27,30)(H,32,33). The monoisotopic (exact) mass is 504 g/mol. The molecule has 0 aliphatic carbocycles. The van der Waals surface area contributed by atoms with Crippen LogP contribution < -0.4 is 33.2 Å². The fourth-order valence-electron chi connectivity index (χ4n) is 2.93. The number of amides is 4. The summed E-state index contributed by atoms with van der Waals surface area (Å²) in [6.45, 7) is 3.90. The molecule has 10 N–H and O–H groups in total. The third-order valence-electron chi connectivity index (χ3n) is 5.14. The first-order valence-electron chi connectivity index (χ1n) is 11.3. The Morgan fingerprint density at radius 1 is 0.853 bits per heavy atom. The van der Waals surface area contributed by atoms with Crippen molar-refractivity contribution in [1.29, 1.82) is 0 Å². The van der Waals surface area contributed by atoms with Gasteiger partial charge in [-0.2, -0.15) is 11.8 Å².